The third kappa shape index (κ3) is 5.49. The van der Waals surface area contributed by atoms with Crippen LogP contribution in [0.1, 0.15) is 57.1 Å². The molecule has 0 aliphatic heterocycles. The van der Waals surface area contributed by atoms with E-state index >= 15 is 0 Å². The molecule has 4 atom stereocenters. The van der Waals surface area contributed by atoms with Gasteiger partial charge in [0, 0.05) is 36.9 Å². The van der Waals surface area contributed by atoms with Crippen molar-refractivity contribution in [3.8, 4) is 51.4 Å². The van der Waals surface area contributed by atoms with Crippen molar-refractivity contribution >= 4 is 31.5 Å². The monoisotopic (exact) mass is 666 g/mol. The molecule has 2 aliphatic carbocycles. The summed E-state index contributed by atoms with van der Waals surface area (Å²) in [5.74, 6) is 4.44. The van der Waals surface area contributed by atoms with Crippen molar-refractivity contribution < 1.29 is 0 Å². The molecular weight excluding hydrogens is 629 g/mol. The summed E-state index contributed by atoms with van der Waals surface area (Å²) < 4.78 is 2.41. The van der Waals surface area contributed by atoms with Gasteiger partial charge in [0.25, 0.3) is 0 Å². The Kier molecular flexibility index (Phi) is 7.59. The minimum Gasteiger partial charge on any atom is -0.208 e. The molecule has 2 fully saturated rings. The van der Waals surface area contributed by atoms with Crippen molar-refractivity contribution in [2.75, 3.05) is 0 Å². The van der Waals surface area contributed by atoms with Crippen LogP contribution in [-0.2, 0) is 5.41 Å². The number of aromatic nitrogens is 3. The molecule has 244 valence electrons. The molecule has 5 heteroatoms. The highest BCUT2D eigenvalue weighted by atomic mass is 32.1. The van der Waals surface area contributed by atoms with Crippen LogP contribution in [0, 0.1) is 29.1 Å². The molecule has 50 heavy (non-hydrogen) atoms. The van der Waals surface area contributed by atoms with E-state index in [4.69, 9.17) is 15.0 Å². The van der Waals surface area contributed by atoms with Crippen molar-refractivity contribution in [1.29, 1.82) is 5.26 Å². The zero-order valence-corrected chi connectivity index (χ0v) is 29.3. The molecule has 0 saturated heterocycles. The van der Waals surface area contributed by atoms with Crippen LogP contribution in [0.5, 0.6) is 0 Å². The Morgan fingerprint density at radius 1 is 0.620 bits per heavy atom. The number of benzene rings is 5. The van der Waals surface area contributed by atoms with E-state index in [-0.39, 0.29) is 0 Å². The highest BCUT2D eigenvalue weighted by Crippen LogP contribution is 2.54. The van der Waals surface area contributed by atoms with Crippen LogP contribution < -0.4 is 0 Å². The number of rotatable bonds is 5. The molecule has 0 spiro atoms. The van der Waals surface area contributed by atoms with Crippen LogP contribution in [0.3, 0.4) is 0 Å². The molecule has 0 radical (unpaired) electrons. The molecule has 2 aromatic heterocycles. The van der Waals surface area contributed by atoms with Gasteiger partial charge in [-0.1, -0.05) is 111 Å². The summed E-state index contributed by atoms with van der Waals surface area (Å²) in [5.41, 5.74) is 7.71. The van der Waals surface area contributed by atoms with Crippen LogP contribution in [-0.4, -0.2) is 15.0 Å². The van der Waals surface area contributed by atoms with E-state index in [9.17, 15) is 5.26 Å². The number of hydrogen-bond acceptors (Lipinski definition) is 5. The van der Waals surface area contributed by atoms with Gasteiger partial charge >= 0.3 is 0 Å². The molecule has 0 N–H and O–H groups in total. The molecular formula is C45H38N4S. The Morgan fingerprint density at radius 3 is 1.86 bits per heavy atom. The number of fused-ring (bicyclic) bond motifs is 5. The molecule has 4 nitrogen and oxygen atoms in total. The van der Waals surface area contributed by atoms with Crippen LogP contribution in [0.15, 0.2) is 115 Å². The van der Waals surface area contributed by atoms with E-state index in [0.717, 1.165) is 45.4 Å². The largest absolute Gasteiger partial charge is 0.208 e. The normalized spacial score (nSPS) is 21.7. The van der Waals surface area contributed by atoms with E-state index in [1.807, 2.05) is 30.3 Å². The van der Waals surface area contributed by atoms with Crippen LogP contribution in [0.4, 0.5) is 0 Å². The number of nitrogens with zero attached hydrogens (tertiary/aromatic N) is 4. The number of hydrogen-bond donors (Lipinski definition) is 0. The number of thiophene rings is 1. The molecule has 2 saturated carbocycles. The van der Waals surface area contributed by atoms with Crippen molar-refractivity contribution in [3.05, 3.63) is 126 Å². The third-order valence-electron chi connectivity index (χ3n) is 11.1. The van der Waals surface area contributed by atoms with E-state index in [1.165, 1.54) is 58.0 Å². The second-order valence-electron chi connectivity index (χ2n) is 14.9. The standard InChI is InChI=1S/C45H38N4S/c1-28-21-31-22-29(2)25-45(24-28,26-31)36-18-16-35(17-19-36)44-48-42(33-7-4-3-5-8-33)47-43(49-44)34-14-12-32(13-15-34)37-9-6-10-38-39-23-30(27-46)11-20-40(39)50-41(37)38/h3-20,23,28-29,31H,21-22,24-26H2,1-2H3/t28-,29+,31-,45?. The maximum atomic E-state index is 9.47. The second-order valence-corrected chi connectivity index (χ2v) is 15.9. The van der Waals surface area contributed by atoms with Crippen molar-refractivity contribution in [2.45, 2.75) is 51.4 Å². The summed E-state index contributed by atoms with van der Waals surface area (Å²) in [6, 6.07) is 42.6. The summed E-state index contributed by atoms with van der Waals surface area (Å²) in [7, 11) is 0. The van der Waals surface area contributed by atoms with Crippen molar-refractivity contribution in [1.82, 2.24) is 15.0 Å². The maximum absolute atomic E-state index is 9.47. The van der Waals surface area contributed by atoms with Gasteiger partial charge in [0.05, 0.1) is 11.6 Å². The first-order chi connectivity index (χ1) is 24.4. The Bertz CT molecular complexity index is 2380. The topological polar surface area (TPSA) is 62.5 Å². The van der Waals surface area contributed by atoms with E-state index in [2.05, 4.69) is 105 Å². The van der Waals surface area contributed by atoms with Crippen LogP contribution in [0.2, 0.25) is 0 Å². The SMILES string of the molecule is C[C@@H]1C[C@@H]2C[C@H](C)CC(c3ccc(-c4nc(-c5ccccc5)nc(-c5ccc(-c6cccc7c6sc6ccc(C#N)cc67)cc5)n4)cc3)(C1)C2. The first kappa shape index (κ1) is 30.8. The molecule has 2 aliphatic rings. The third-order valence-corrected chi connectivity index (χ3v) is 12.4. The lowest BCUT2D eigenvalue weighted by Crippen LogP contribution is -2.42. The van der Waals surface area contributed by atoms with E-state index in [0.29, 0.717) is 28.5 Å². The first-order valence-corrected chi connectivity index (χ1v) is 18.6. The van der Waals surface area contributed by atoms with Gasteiger partial charge in [-0.3, -0.25) is 0 Å². The summed E-state index contributed by atoms with van der Waals surface area (Å²) in [6.07, 6.45) is 6.66. The van der Waals surface area contributed by atoms with Crippen LogP contribution >= 0.6 is 11.3 Å². The maximum Gasteiger partial charge on any atom is 0.164 e. The van der Waals surface area contributed by atoms with Gasteiger partial charge < -0.3 is 0 Å². The predicted octanol–water partition coefficient (Wildman–Crippen LogP) is 11.9. The predicted molar refractivity (Wildman–Crippen MR) is 206 cm³/mol. The average Bonchev–Trinajstić information content (AvgIpc) is 3.53. The fourth-order valence-corrected chi connectivity index (χ4v) is 10.5. The lowest BCUT2D eigenvalue weighted by molar-refractivity contribution is 0.0780. The van der Waals surface area contributed by atoms with Gasteiger partial charge in [0.1, 0.15) is 0 Å². The van der Waals surface area contributed by atoms with Gasteiger partial charge in [-0.2, -0.15) is 5.26 Å². The van der Waals surface area contributed by atoms with Crippen LogP contribution in [0.25, 0.3) is 65.5 Å². The summed E-state index contributed by atoms with van der Waals surface area (Å²) >= 11 is 1.77. The number of nitriles is 1. The Balaban J connectivity index is 1.08. The molecule has 2 heterocycles. The Morgan fingerprint density at radius 2 is 1.22 bits per heavy atom. The summed E-state index contributed by atoms with van der Waals surface area (Å²) in [4.78, 5) is 15.1. The van der Waals surface area contributed by atoms with Crippen molar-refractivity contribution in [3.63, 3.8) is 0 Å². The van der Waals surface area contributed by atoms with E-state index < -0.39 is 0 Å². The Labute approximate surface area is 297 Å². The van der Waals surface area contributed by atoms with Gasteiger partial charge in [-0.15, -0.1) is 11.3 Å². The van der Waals surface area contributed by atoms with Gasteiger partial charge in [0.15, 0.2) is 17.5 Å². The smallest absolute Gasteiger partial charge is 0.164 e. The van der Waals surface area contributed by atoms with Gasteiger partial charge in [-0.05, 0) is 90.2 Å². The zero-order chi connectivity index (χ0) is 33.8. The minimum absolute atomic E-state index is 0.291. The highest BCUT2D eigenvalue weighted by Gasteiger charge is 2.45. The molecule has 2 bridgehead atoms. The molecule has 7 aromatic rings. The molecule has 9 rings (SSSR count). The quantitative estimate of drug-likeness (QED) is 0.183. The lowest BCUT2D eigenvalue weighted by atomic mass is 9.54. The Hall–Kier alpha value is -5.18. The summed E-state index contributed by atoms with van der Waals surface area (Å²) in [6.45, 7) is 4.90. The molecule has 1 unspecified atom stereocenters. The van der Waals surface area contributed by atoms with Crippen molar-refractivity contribution in [2.24, 2.45) is 17.8 Å². The first-order valence-electron chi connectivity index (χ1n) is 17.8. The molecule has 5 aromatic carbocycles. The fourth-order valence-electron chi connectivity index (χ4n) is 9.28. The van der Waals surface area contributed by atoms with E-state index in [1.54, 1.807) is 11.3 Å². The van der Waals surface area contributed by atoms with Gasteiger partial charge in [-0.25, -0.2) is 15.0 Å². The lowest BCUT2D eigenvalue weighted by Gasteiger charge is -2.50. The van der Waals surface area contributed by atoms with Gasteiger partial charge in [0.2, 0.25) is 0 Å². The fraction of sp³-hybridized carbons (Fsp3) is 0.244. The summed E-state index contributed by atoms with van der Waals surface area (Å²) in [5, 5.41) is 11.8. The molecule has 0 amide bonds. The highest BCUT2D eigenvalue weighted by molar-refractivity contribution is 7.26. The zero-order valence-electron chi connectivity index (χ0n) is 28.4. The second kappa shape index (κ2) is 12.3. The average molecular weight is 667 g/mol. The minimum atomic E-state index is 0.291.